The molecule has 9 aromatic heterocycles. The molecule has 3 saturated heterocycles. The molecule has 15 rings (SSSR count). The zero-order valence-electron chi connectivity index (χ0n) is 75.1. The maximum Gasteiger partial charge on any atom is 0.573 e. The predicted octanol–water partition coefficient (Wildman–Crippen LogP) is 18.5. The minimum atomic E-state index is -5.02. The van der Waals surface area contributed by atoms with Gasteiger partial charge in [0.2, 0.25) is 17.7 Å². The van der Waals surface area contributed by atoms with Crippen molar-refractivity contribution in [3.8, 4) is 56.6 Å². The number of anilines is 3. The van der Waals surface area contributed by atoms with E-state index in [0.717, 1.165) is 35.0 Å². The number of aromatic nitrogens is 12. The molecule has 684 valence electrons. The van der Waals surface area contributed by atoms with E-state index in [1.54, 1.807) is 65.3 Å². The summed E-state index contributed by atoms with van der Waals surface area (Å²) in [5.41, 5.74) is 6.38. The third-order valence-electron chi connectivity index (χ3n) is 23.6. The van der Waals surface area contributed by atoms with Crippen molar-refractivity contribution in [1.29, 1.82) is 0 Å². The van der Waals surface area contributed by atoms with Gasteiger partial charge in [-0.15, -0.1) is 13.2 Å². The molecule has 1 N–H and O–H groups in total. The minimum Gasteiger partial charge on any atom is -0.406 e. The van der Waals surface area contributed by atoms with Crippen LogP contribution in [0.3, 0.4) is 0 Å². The van der Waals surface area contributed by atoms with Crippen molar-refractivity contribution in [2.75, 3.05) is 54.0 Å². The molecule has 3 aromatic carbocycles. The molecule has 3 fully saturated rings. The van der Waals surface area contributed by atoms with E-state index in [2.05, 4.69) is 59.4 Å². The number of carbonyl (C=O) groups is 3. The number of amides is 3. The lowest BCUT2D eigenvalue weighted by atomic mass is 9.99. The number of halogens is 9. The zero-order chi connectivity index (χ0) is 95.3. The Morgan fingerprint density at radius 3 is 1.08 bits per heavy atom. The molecule has 131 heavy (non-hydrogen) atoms. The number of ether oxygens (including phenoxy) is 1. The summed E-state index contributed by atoms with van der Waals surface area (Å²) in [6.07, 6.45) is 3.16. The highest BCUT2D eigenvalue weighted by atomic mass is 35.5. The number of nitrogens with zero attached hydrogens (tertiary/aromatic N) is 18. The van der Waals surface area contributed by atoms with Crippen LogP contribution in [0.25, 0.3) is 83.9 Å². The Kier molecular flexibility index (Phi) is 28.6. The highest BCUT2D eigenvalue weighted by Crippen LogP contribution is 2.44. The number of hydrogen-bond acceptors (Lipinski definition) is 20. The lowest BCUT2D eigenvalue weighted by Crippen LogP contribution is -2.58. The van der Waals surface area contributed by atoms with Crippen LogP contribution in [0.4, 0.5) is 39.4 Å². The first-order valence-corrected chi connectivity index (χ1v) is 44.1. The topological polar surface area (TPSA) is 282 Å². The summed E-state index contributed by atoms with van der Waals surface area (Å²) >= 11 is 26.7. The van der Waals surface area contributed by atoms with Crippen LogP contribution in [0, 0.1) is 32.4 Å². The number of pyridine rings is 6. The third kappa shape index (κ3) is 19.3. The Balaban J connectivity index is 0.000000167. The molecule has 3 amide bonds. The number of carbonyl (C=O) groups excluding carboxylic acids is 3. The van der Waals surface area contributed by atoms with Crippen LogP contribution in [-0.4, -0.2) is 178 Å². The first-order valence-electron chi connectivity index (χ1n) is 42.6. The number of piperazine rings is 3. The number of aryl methyl sites for hydroxylation is 3. The summed E-state index contributed by atoms with van der Waals surface area (Å²) in [6.45, 7) is 44.0. The molecule has 0 spiro atoms. The molecule has 12 aromatic rings. The van der Waals surface area contributed by atoms with Gasteiger partial charge >= 0.3 is 23.4 Å². The fourth-order valence-corrected chi connectivity index (χ4v) is 18.1. The molecule has 7 unspecified atom stereocenters. The van der Waals surface area contributed by atoms with Gasteiger partial charge in [0.05, 0.1) is 88.6 Å². The summed E-state index contributed by atoms with van der Waals surface area (Å²) in [5, 5.41) is 12.7. The summed E-state index contributed by atoms with van der Waals surface area (Å²) < 4.78 is 77.6. The maximum atomic E-state index is 15.2. The standard InChI is InChI=1S/C33H37ClN6O3.C32H31ClF4N6O3.C31H31Cl2FN6O2/c1-8-27(42)38-16-21(6)39(17-20(38)5)31-25-15-26(34)29(24-12-10-9-11-23(24)22(7)41)36-32(25)40(33(43)37-31)30-19(4)13-14-35-28(30)18(2)3;1-7-25(44)41-14-19(6)42(15-18(41)5)29-22-13-23(33)27(21-12-20(8-9-24(21)34)46-32(35,36)37)39-30(22)43(31(45)40-29)28-17(4)10-11-38-26(28)16(2)3;1-7-25(41)38-14-19(6)39(15-18(38)5)29-22-13-23(33)27(21-12-20(32)8-9-24(21)34)36-30(22)40(31(42)37-29)28-17(4)10-11-35-26(28)16(2)3/h8-15,18,20-22,41H,1,16-17H2,2-7H3;7-13,16,18-19H,1,14-15H2,2-6H3;7-13,16,18-19H,1,14-15H2,2-6H3. The van der Waals surface area contributed by atoms with Crippen LogP contribution in [0.15, 0.2) is 168 Å². The highest BCUT2D eigenvalue weighted by Gasteiger charge is 2.40. The van der Waals surface area contributed by atoms with E-state index in [-0.39, 0.29) is 121 Å². The van der Waals surface area contributed by atoms with E-state index in [4.69, 9.17) is 56.4 Å². The molecular formula is C96H99Cl4F5N18O8. The van der Waals surface area contributed by atoms with E-state index in [1.807, 2.05) is 148 Å². The van der Waals surface area contributed by atoms with Gasteiger partial charge in [-0.05, 0) is 200 Å². The number of hydrogen-bond donors (Lipinski definition) is 1. The molecule has 26 nitrogen and oxygen atoms in total. The molecule has 0 aliphatic carbocycles. The molecular weight excluding hydrogens is 1770 g/mol. The van der Waals surface area contributed by atoms with Crippen LogP contribution in [0.1, 0.15) is 153 Å². The SMILES string of the molecule is C=CC(=O)N1CC(C)N(c2nc(=O)n(-c3c(C)ccnc3C(C)C)c3nc(-c4cc(Cl)ccc4F)c(Cl)cc23)CC1C.C=CC(=O)N1CC(C)N(c2nc(=O)n(-c3c(C)ccnc3C(C)C)c3nc(-c4cc(OC(F)(F)F)ccc4F)c(Cl)cc23)CC1C.C=CC(=O)N1CC(C)N(c2nc(=O)n(-c3c(C)ccnc3C(C)C)c3nc(-c4ccccc4C(C)O)c(Cl)cc23)CC1C. The van der Waals surface area contributed by atoms with Crippen LogP contribution >= 0.6 is 46.4 Å². The van der Waals surface area contributed by atoms with E-state index in [1.165, 1.54) is 56.2 Å². The molecule has 12 heterocycles. The Morgan fingerprint density at radius 2 is 0.763 bits per heavy atom. The first-order chi connectivity index (χ1) is 62.0. The second-order valence-electron chi connectivity index (χ2n) is 34.0. The second kappa shape index (κ2) is 38.9. The smallest absolute Gasteiger partial charge is 0.406 e. The van der Waals surface area contributed by atoms with Gasteiger partial charge in [-0.3, -0.25) is 29.3 Å². The lowest BCUT2D eigenvalue weighted by Gasteiger charge is -2.44. The van der Waals surface area contributed by atoms with Crippen molar-refractivity contribution in [2.45, 2.75) is 177 Å². The number of rotatable bonds is 17. The second-order valence-corrected chi connectivity index (χ2v) is 35.6. The van der Waals surface area contributed by atoms with Crippen molar-refractivity contribution in [3.63, 3.8) is 0 Å². The van der Waals surface area contributed by atoms with Crippen LogP contribution in [0.2, 0.25) is 20.1 Å². The fourth-order valence-electron chi connectivity index (χ4n) is 17.2. The zero-order valence-corrected chi connectivity index (χ0v) is 78.1. The lowest BCUT2D eigenvalue weighted by molar-refractivity contribution is -0.274. The van der Waals surface area contributed by atoms with Gasteiger partial charge in [-0.2, -0.15) is 15.0 Å². The summed E-state index contributed by atoms with van der Waals surface area (Å²) in [6, 6.07) is 23.2. The molecule has 7 atom stereocenters. The largest absolute Gasteiger partial charge is 0.573 e. The van der Waals surface area contributed by atoms with Gasteiger partial charge < -0.3 is 39.2 Å². The third-order valence-corrected chi connectivity index (χ3v) is 24.7. The van der Waals surface area contributed by atoms with Crippen LogP contribution in [0.5, 0.6) is 5.75 Å². The van der Waals surface area contributed by atoms with Gasteiger partial charge in [0.25, 0.3) is 0 Å². The van der Waals surface area contributed by atoms with Gasteiger partial charge in [0, 0.05) is 116 Å². The van der Waals surface area contributed by atoms with Gasteiger partial charge in [-0.25, -0.2) is 51.8 Å². The number of aliphatic hydroxyl groups excluding tert-OH is 1. The first kappa shape index (κ1) is 96.1. The number of aliphatic hydroxyl groups is 1. The van der Waals surface area contributed by atoms with Crippen molar-refractivity contribution < 1.29 is 46.2 Å². The average molecular weight is 1870 g/mol. The molecule has 0 radical (unpaired) electrons. The van der Waals surface area contributed by atoms with E-state index in [9.17, 15) is 47.0 Å². The summed E-state index contributed by atoms with van der Waals surface area (Å²) in [7, 11) is 0. The number of alkyl halides is 3. The highest BCUT2D eigenvalue weighted by molar-refractivity contribution is 6.35. The van der Waals surface area contributed by atoms with Crippen molar-refractivity contribution in [1.82, 2.24) is 73.3 Å². The predicted molar refractivity (Wildman–Crippen MR) is 503 cm³/mol. The normalized spacial score (nSPS) is 17.4. The van der Waals surface area contributed by atoms with Gasteiger partial charge in [0.15, 0.2) is 16.9 Å². The van der Waals surface area contributed by atoms with E-state index < -0.39 is 46.9 Å². The van der Waals surface area contributed by atoms with Crippen LogP contribution in [-0.2, 0) is 14.4 Å². The monoisotopic (exact) mass is 1870 g/mol. The Hall–Kier alpha value is -12.4. The number of benzene rings is 3. The summed E-state index contributed by atoms with van der Waals surface area (Å²) in [5.74, 6) is -1.69. The molecule has 0 saturated carbocycles. The fraction of sp³-hybridized carbons (Fsp3) is 0.344. The molecule has 3 aliphatic rings. The maximum absolute atomic E-state index is 15.2. The average Bonchev–Trinajstić information content (AvgIpc) is 0.740. The van der Waals surface area contributed by atoms with Crippen LogP contribution < -0.4 is 36.5 Å². The Morgan fingerprint density at radius 1 is 0.443 bits per heavy atom. The molecule has 0 bridgehead atoms. The Labute approximate surface area is 773 Å². The van der Waals surface area contributed by atoms with Crippen molar-refractivity contribution in [2.24, 2.45) is 0 Å². The quantitative estimate of drug-likeness (QED) is 0.0655. The van der Waals surface area contributed by atoms with E-state index >= 15 is 8.78 Å². The van der Waals surface area contributed by atoms with Gasteiger partial charge in [0.1, 0.15) is 34.8 Å². The van der Waals surface area contributed by atoms with Gasteiger partial charge in [-0.1, -0.05) is 132 Å². The number of fused-ring (bicyclic) bond motifs is 3. The van der Waals surface area contributed by atoms with Crippen molar-refractivity contribution >= 4 is 115 Å². The minimum absolute atomic E-state index is 0.0185. The Bertz CT molecular complexity index is 6750. The summed E-state index contributed by atoms with van der Waals surface area (Å²) in [4.78, 5) is 133. The molecule has 35 heteroatoms. The van der Waals surface area contributed by atoms with Crippen molar-refractivity contribution in [3.05, 3.63) is 256 Å². The molecule has 3 aliphatic heterocycles. The van der Waals surface area contributed by atoms with E-state index in [0.29, 0.717) is 134 Å².